The Kier molecular flexibility index (Phi) is 7.35. The van der Waals surface area contributed by atoms with Crippen LogP contribution in [0.25, 0.3) is 0 Å². The van der Waals surface area contributed by atoms with Gasteiger partial charge in [0.1, 0.15) is 0 Å². The van der Waals surface area contributed by atoms with E-state index in [2.05, 4.69) is 39.1 Å². The minimum absolute atomic E-state index is 0.589. The molecule has 0 amide bonds. The van der Waals surface area contributed by atoms with Gasteiger partial charge in [0.15, 0.2) is 4.34 Å². The molecule has 5 nitrogen and oxygen atoms in total. The largest absolute Gasteiger partial charge is 0.265 e. The Hall–Kier alpha value is -1.60. The highest BCUT2D eigenvalue weighted by molar-refractivity contribution is 8.01. The Labute approximate surface area is 145 Å². The van der Waals surface area contributed by atoms with Crippen molar-refractivity contribution in [3.8, 4) is 0 Å². The standard InChI is InChI=1S/C16H21N5S2/c1-4-5-6-7-10-22-16-21-20-15(23-16)19-18-14-9-8-13(17-3)11-12(14)2/h8-9,11H,3-7,10H2,1-2H3/b19-18+. The van der Waals surface area contributed by atoms with E-state index >= 15 is 0 Å². The second-order valence-electron chi connectivity index (χ2n) is 5.09. The minimum Gasteiger partial charge on any atom is -0.265 e. The summed E-state index contributed by atoms with van der Waals surface area (Å²) in [6, 6.07) is 5.68. The quantitative estimate of drug-likeness (QED) is 0.232. The summed E-state index contributed by atoms with van der Waals surface area (Å²) in [5.41, 5.74) is 2.65. The van der Waals surface area contributed by atoms with Gasteiger partial charge in [-0.25, -0.2) is 0 Å². The molecule has 1 aromatic heterocycles. The zero-order chi connectivity index (χ0) is 16.5. The van der Waals surface area contributed by atoms with E-state index in [4.69, 9.17) is 0 Å². The lowest BCUT2D eigenvalue weighted by molar-refractivity contribution is 0.706. The van der Waals surface area contributed by atoms with E-state index in [9.17, 15) is 0 Å². The number of aryl methyl sites for hydroxylation is 1. The molecule has 2 aromatic rings. The Bertz CT molecular complexity index is 666. The van der Waals surface area contributed by atoms with Gasteiger partial charge in [-0.05, 0) is 43.8 Å². The zero-order valence-electron chi connectivity index (χ0n) is 13.5. The van der Waals surface area contributed by atoms with Crippen LogP contribution in [-0.2, 0) is 0 Å². The van der Waals surface area contributed by atoms with E-state index in [-0.39, 0.29) is 0 Å². The average molecular weight is 348 g/mol. The molecule has 1 aromatic carbocycles. The van der Waals surface area contributed by atoms with Crippen LogP contribution in [0.15, 0.2) is 37.8 Å². The third-order valence-corrected chi connectivity index (χ3v) is 5.25. The summed E-state index contributed by atoms with van der Waals surface area (Å²) in [4.78, 5) is 3.90. The van der Waals surface area contributed by atoms with Crippen molar-refractivity contribution in [1.82, 2.24) is 10.2 Å². The van der Waals surface area contributed by atoms with Gasteiger partial charge in [0.2, 0.25) is 0 Å². The van der Waals surface area contributed by atoms with Gasteiger partial charge in [-0.15, -0.1) is 20.4 Å². The second kappa shape index (κ2) is 9.52. The van der Waals surface area contributed by atoms with Gasteiger partial charge in [-0.3, -0.25) is 4.99 Å². The molecule has 0 spiro atoms. The van der Waals surface area contributed by atoms with Crippen molar-refractivity contribution in [3.05, 3.63) is 23.8 Å². The fourth-order valence-corrected chi connectivity index (χ4v) is 3.67. The van der Waals surface area contributed by atoms with E-state index in [1.54, 1.807) is 11.8 Å². The summed E-state index contributed by atoms with van der Waals surface area (Å²) < 4.78 is 0.957. The molecule has 23 heavy (non-hydrogen) atoms. The van der Waals surface area contributed by atoms with Crippen molar-refractivity contribution in [3.63, 3.8) is 0 Å². The first-order chi connectivity index (χ1) is 11.2. The van der Waals surface area contributed by atoms with Crippen LogP contribution >= 0.6 is 23.1 Å². The predicted molar refractivity (Wildman–Crippen MR) is 99.3 cm³/mol. The van der Waals surface area contributed by atoms with Gasteiger partial charge >= 0.3 is 0 Å². The van der Waals surface area contributed by atoms with Gasteiger partial charge < -0.3 is 0 Å². The van der Waals surface area contributed by atoms with Crippen LogP contribution in [0, 0.1) is 6.92 Å². The Morgan fingerprint density at radius 2 is 2.04 bits per heavy atom. The third kappa shape index (κ3) is 5.84. The van der Waals surface area contributed by atoms with Gasteiger partial charge in [-0.1, -0.05) is 49.3 Å². The highest BCUT2D eigenvalue weighted by Gasteiger charge is 2.04. The zero-order valence-corrected chi connectivity index (χ0v) is 15.2. The molecular weight excluding hydrogens is 326 g/mol. The monoisotopic (exact) mass is 347 g/mol. The molecule has 0 saturated heterocycles. The summed E-state index contributed by atoms with van der Waals surface area (Å²) in [5, 5.41) is 17.2. The maximum absolute atomic E-state index is 4.25. The van der Waals surface area contributed by atoms with Crippen molar-refractivity contribution in [2.24, 2.45) is 15.2 Å². The molecule has 0 bridgehead atoms. The van der Waals surface area contributed by atoms with Crippen molar-refractivity contribution in [1.29, 1.82) is 0 Å². The number of unbranched alkanes of at least 4 members (excludes halogenated alkanes) is 3. The molecule has 0 aliphatic rings. The number of hydrogen-bond acceptors (Lipinski definition) is 7. The van der Waals surface area contributed by atoms with E-state index in [1.165, 1.54) is 37.0 Å². The molecule has 0 fully saturated rings. The van der Waals surface area contributed by atoms with Crippen LogP contribution < -0.4 is 0 Å². The van der Waals surface area contributed by atoms with Crippen molar-refractivity contribution >= 4 is 46.3 Å². The van der Waals surface area contributed by atoms with E-state index in [0.29, 0.717) is 5.13 Å². The van der Waals surface area contributed by atoms with Crippen LogP contribution in [0.2, 0.25) is 0 Å². The first kappa shape index (κ1) is 17.7. The summed E-state index contributed by atoms with van der Waals surface area (Å²) in [5.74, 6) is 1.08. The normalized spacial score (nSPS) is 11.2. The van der Waals surface area contributed by atoms with Gasteiger partial charge in [0.05, 0.1) is 11.4 Å². The van der Waals surface area contributed by atoms with Crippen molar-refractivity contribution in [2.75, 3.05) is 5.75 Å². The lowest BCUT2D eigenvalue weighted by Gasteiger charge is -1.99. The first-order valence-electron chi connectivity index (χ1n) is 7.68. The first-order valence-corrected chi connectivity index (χ1v) is 9.48. The molecule has 7 heteroatoms. The number of aromatic nitrogens is 2. The topological polar surface area (TPSA) is 62.9 Å². The minimum atomic E-state index is 0.589. The smallest absolute Gasteiger partial charge is 0.252 e. The number of rotatable bonds is 9. The molecule has 0 unspecified atom stereocenters. The van der Waals surface area contributed by atoms with Gasteiger partial charge in [-0.2, -0.15) is 0 Å². The molecule has 0 N–H and O–H groups in total. The molecule has 1 heterocycles. The Morgan fingerprint density at radius 3 is 2.78 bits per heavy atom. The predicted octanol–water partition coefficient (Wildman–Crippen LogP) is 6.27. The Morgan fingerprint density at radius 1 is 1.17 bits per heavy atom. The number of azo groups is 1. The molecule has 0 radical (unpaired) electrons. The highest BCUT2D eigenvalue weighted by atomic mass is 32.2. The third-order valence-electron chi connectivity index (χ3n) is 3.23. The van der Waals surface area contributed by atoms with E-state index < -0.39 is 0 Å². The van der Waals surface area contributed by atoms with Crippen molar-refractivity contribution in [2.45, 2.75) is 43.9 Å². The lowest BCUT2D eigenvalue weighted by Crippen LogP contribution is -1.80. The molecule has 0 atom stereocenters. The molecule has 0 aliphatic carbocycles. The maximum atomic E-state index is 4.25. The van der Waals surface area contributed by atoms with E-state index in [1.807, 2.05) is 25.1 Å². The second-order valence-corrected chi connectivity index (χ2v) is 7.39. The molecule has 0 aliphatic heterocycles. The van der Waals surface area contributed by atoms with E-state index in [0.717, 1.165) is 27.0 Å². The van der Waals surface area contributed by atoms with Crippen LogP contribution in [0.3, 0.4) is 0 Å². The number of benzene rings is 1. The van der Waals surface area contributed by atoms with Crippen LogP contribution in [-0.4, -0.2) is 22.7 Å². The average Bonchev–Trinajstić information content (AvgIpc) is 3.01. The van der Waals surface area contributed by atoms with Crippen molar-refractivity contribution < 1.29 is 0 Å². The number of thioether (sulfide) groups is 1. The molecule has 0 saturated carbocycles. The van der Waals surface area contributed by atoms with Gasteiger partial charge in [0.25, 0.3) is 5.13 Å². The number of hydrogen-bond donors (Lipinski definition) is 0. The number of nitrogens with zero attached hydrogens (tertiary/aromatic N) is 5. The summed E-state index contributed by atoms with van der Waals surface area (Å²) in [6.45, 7) is 7.71. The summed E-state index contributed by atoms with van der Waals surface area (Å²) in [7, 11) is 0. The molecule has 2 rings (SSSR count). The van der Waals surface area contributed by atoms with Crippen LogP contribution in [0.4, 0.5) is 16.5 Å². The van der Waals surface area contributed by atoms with Crippen LogP contribution in [0.1, 0.15) is 38.2 Å². The highest BCUT2D eigenvalue weighted by Crippen LogP contribution is 2.30. The SMILES string of the molecule is C=Nc1ccc(/N=N/c2nnc(SCCCCCC)s2)c(C)c1. The van der Waals surface area contributed by atoms with Crippen LogP contribution in [0.5, 0.6) is 0 Å². The van der Waals surface area contributed by atoms with Gasteiger partial charge in [0, 0.05) is 5.75 Å². The molecular formula is C16H21N5S2. The fraction of sp³-hybridized carbons (Fsp3) is 0.438. The lowest BCUT2D eigenvalue weighted by atomic mass is 10.2. The fourth-order valence-electron chi connectivity index (χ4n) is 1.94. The summed E-state index contributed by atoms with van der Waals surface area (Å²) >= 11 is 3.23. The summed E-state index contributed by atoms with van der Waals surface area (Å²) in [6.07, 6.45) is 5.06. The number of aliphatic imine (C=N–C) groups is 1. The molecule has 122 valence electrons. The Balaban J connectivity index is 1.89. The maximum Gasteiger partial charge on any atom is 0.252 e.